The standard InChI is InChI=1S/C15H24O.C7H8O/c1-10-8-11(14(2,3)4)13(16)12(9-10)15(5,6)7;1-6-3-2-4-7(8)5-6/h8-9,16H,1-7H3;2-5,8H,1H3. The highest BCUT2D eigenvalue weighted by molar-refractivity contribution is 5.49. The molecule has 0 bridgehead atoms. The first-order valence-electron chi connectivity index (χ1n) is 8.42. The number of benzene rings is 2. The number of hydrogen-bond acceptors (Lipinski definition) is 2. The van der Waals surface area contributed by atoms with Crippen LogP contribution in [0.1, 0.15) is 63.8 Å². The number of phenols is 2. The third kappa shape index (κ3) is 5.59. The Hall–Kier alpha value is -1.96. The lowest BCUT2D eigenvalue weighted by Crippen LogP contribution is -2.17. The number of aromatic hydroxyl groups is 2. The zero-order chi connectivity index (χ0) is 18.7. The van der Waals surface area contributed by atoms with Crippen LogP contribution in [-0.2, 0) is 10.8 Å². The lowest BCUT2D eigenvalue weighted by molar-refractivity contribution is 0.423. The van der Waals surface area contributed by atoms with Crippen LogP contribution in [0.4, 0.5) is 0 Å². The molecule has 0 saturated carbocycles. The molecular weight excluding hydrogens is 296 g/mol. The molecule has 0 aromatic heterocycles. The molecule has 0 radical (unpaired) electrons. The van der Waals surface area contributed by atoms with Gasteiger partial charge in [0.15, 0.2) is 0 Å². The minimum absolute atomic E-state index is 0.0178. The van der Waals surface area contributed by atoms with Gasteiger partial charge in [-0.05, 0) is 53.5 Å². The molecule has 0 aliphatic rings. The molecule has 0 fully saturated rings. The van der Waals surface area contributed by atoms with E-state index >= 15 is 0 Å². The smallest absolute Gasteiger partial charge is 0.123 e. The largest absolute Gasteiger partial charge is 0.508 e. The van der Waals surface area contributed by atoms with Crippen LogP contribution < -0.4 is 0 Å². The van der Waals surface area contributed by atoms with Crippen molar-refractivity contribution >= 4 is 0 Å². The highest BCUT2D eigenvalue weighted by Crippen LogP contribution is 2.39. The maximum absolute atomic E-state index is 10.4. The van der Waals surface area contributed by atoms with Crippen molar-refractivity contribution in [1.82, 2.24) is 0 Å². The number of phenolic OH excluding ortho intramolecular Hbond substituents is 2. The van der Waals surface area contributed by atoms with Crippen LogP contribution in [0.5, 0.6) is 11.5 Å². The molecule has 2 nitrogen and oxygen atoms in total. The van der Waals surface area contributed by atoms with Crippen LogP contribution in [0.15, 0.2) is 36.4 Å². The van der Waals surface area contributed by atoms with Gasteiger partial charge in [-0.3, -0.25) is 0 Å². The molecule has 0 unspecified atom stereocenters. The number of hydrogen-bond donors (Lipinski definition) is 2. The minimum Gasteiger partial charge on any atom is -0.508 e. The topological polar surface area (TPSA) is 40.5 Å². The summed E-state index contributed by atoms with van der Waals surface area (Å²) in [6.07, 6.45) is 0. The molecule has 24 heavy (non-hydrogen) atoms. The van der Waals surface area contributed by atoms with Crippen LogP contribution in [-0.4, -0.2) is 10.2 Å². The van der Waals surface area contributed by atoms with Crippen LogP contribution in [0, 0.1) is 13.8 Å². The Morgan fingerprint density at radius 1 is 0.667 bits per heavy atom. The predicted molar refractivity (Wildman–Crippen MR) is 103 cm³/mol. The third-order valence-corrected chi connectivity index (χ3v) is 3.87. The highest BCUT2D eigenvalue weighted by Gasteiger charge is 2.25. The molecule has 0 heterocycles. The van der Waals surface area contributed by atoms with Crippen LogP contribution >= 0.6 is 0 Å². The van der Waals surface area contributed by atoms with Crippen molar-refractivity contribution in [3.05, 3.63) is 58.7 Å². The second-order valence-corrected chi connectivity index (χ2v) is 8.55. The van der Waals surface area contributed by atoms with Gasteiger partial charge in [0.1, 0.15) is 11.5 Å². The number of rotatable bonds is 0. The van der Waals surface area contributed by atoms with Crippen molar-refractivity contribution < 1.29 is 10.2 Å². The van der Waals surface area contributed by atoms with Gasteiger partial charge < -0.3 is 10.2 Å². The molecule has 132 valence electrons. The molecule has 0 amide bonds. The van der Waals surface area contributed by atoms with Crippen LogP contribution in [0.25, 0.3) is 0 Å². The fraction of sp³-hybridized carbons (Fsp3) is 0.455. The molecule has 0 aliphatic carbocycles. The summed E-state index contributed by atoms with van der Waals surface area (Å²) in [7, 11) is 0. The van der Waals surface area contributed by atoms with Gasteiger partial charge in [-0.1, -0.05) is 71.4 Å². The van der Waals surface area contributed by atoms with Gasteiger partial charge >= 0.3 is 0 Å². The van der Waals surface area contributed by atoms with E-state index in [0.717, 1.165) is 16.7 Å². The summed E-state index contributed by atoms with van der Waals surface area (Å²) in [6.45, 7) is 16.8. The van der Waals surface area contributed by atoms with Crippen molar-refractivity contribution in [3.8, 4) is 11.5 Å². The van der Waals surface area contributed by atoms with Crippen molar-refractivity contribution in [3.63, 3.8) is 0 Å². The minimum atomic E-state index is -0.0178. The Labute approximate surface area is 147 Å². The third-order valence-electron chi connectivity index (χ3n) is 3.87. The van der Waals surface area contributed by atoms with E-state index < -0.39 is 0 Å². The monoisotopic (exact) mass is 328 g/mol. The summed E-state index contributed by atoms with van der Waals surface area (Å²) in [6, 6.07) is 11.3. The van der Waals surface area contributed by atoms with E-state index in [0.29, 0.717) is 11.5 Å². The Balaban J connectivity index is 0.000000300. The van der Waals surface area contributed by atoms with Crippen molar-refractivity contribution in [1.29, 1.82) is 0 Å². The van der Waals surface area contributed by atoms with Crippen LogP contribution in [0.3, 0.4) is 0 Å². The summed E-state index contributed by atoms with van der Waals surface area (Å²) in [5.41, 5.74) is 4.35. The maximum Gasteiger partial charge on any atom is 0.123 e. The lowest BCUT2D eigenvalue weighted by atomic mass is 9.78. The van der Waals surface area contributed by atoms with E-state index in [-0.39, 0.29) is 10.8 Å². The van der Waals surface area contributed by atoms with E-state index in [1.807, 2.05) is 19.1 Å². The van der Waals surface area contributed by atoms with E-state index in [1.54, 1.807) is 12.1 Å². The van der Waals surface area contributed by atoms with Crippen molar-refractivity contribution in [2.45, 2.75) is 66.2 Å². The summed E-state index contributed by atoms with van der Waals surface area (Å²) in [4.78, 5) is 0. The molecule has 2 aromatic carbocycles. The predicted octanol–water partition coefficient (Wildman–Crippen LogP) is 6.00. The van der Waals surface area contributed by atoms with E-state index in [2.05, 4.69) is 60.6 Å². The van der Waals surface area contributed by atoms with Crippen molar-refractivity contribution in [2.24, 2.45) is 0 Å². The molecule has 0 spiro atoms. The van der Waals surface area contributed by atoms with E-state index in [9.17, 15) is 5.11 Å². The Morgan fingerprint density at radius 3 is 1.42 bits per heavy atom. The Bertz CT molecular complexity index is 634. The number of aryl methyl sites for hydroxylation is 2. The fourth-order valence-corrected chi connectivity index (χ4v) is 2.55. The fourth-order valence-electron chi connectivity index (χ4n) is 2.55. The maximum atomic E-state index is 10.4. The van der Waals surface area contributed by atoms with Crippen LogP contribution in [0.2, 0.25) is 0 Å². The molecule has 2 aromatic rings. The Kier molecular flexibility index (Phi) is 6.10. The van der Waals surface area contributed by atoms with Gasteiger partial charge in [0.25, 0.3) is 0 Å². The van der Waals surface area contributed by atoms with Gasteiger partial charge in [0, 0.05) is 0 Å². The normalized spacial score (nSPS) is 11.7. The van der Waals surface area contributed by atoms with E-state index in [1.165, 1.54) is 5.56 Å². The van der Waals surface area contributed by atoms with Gasteiger partial charge in [-0.2, -0.15) is 0 Å². The zero-order valence-electron chi connectivity index (χ0n) is 16.4. The molecule has 2 rings (SSSR count). The van der Waals surface area contributed by atoms with Crippen molar-refractivity contribution in [2.75, 3.05) is 0 Å². The summed E-state index contributed by atoms with van der Waals surface area (Å²) in [5, 5.41) is 19.2. The lowest BCUT2D eigenvalue weighted by Gasteiger charge is -2.27. The van der Waals surface area contributed by atoms with Gasteiger partial charge in [-0.25, -0.2) is 0 Å². The SMILES string of the molecule is Cc1cc(C(C)(C)C)c(O)c(C(C)(C)C)c1.Cc1cccc(O)c1. The summed E-state index contributed by atoms with van der Waals surface area (Å²) in [5.74, 6) is 0.801. The summed E-state index contributed by atoms with van der Waals surface area (Å²) >= 11 is 0. The van der Waals surface area contributed by atoms with Gasteiger partial charge in [0.05, 0.1) is 0 Å². The molecule has 2 N–H and O–H groups in total. The van der Waals surface area contributed by atoms with Gasteiger partial charge in [0.2, 0.25) is 0 Å². The molecule has 0 aliphatic heterocycles. The second kappa shape index (κ2) is 7.29. The first-order chi connectivity index (χ1) is 10.8. The van der Waals surface area contributed by atoms with E-state index in [4.69, 9.17) is 5.11 Å². The molecule has 0 atom stereocenters. The zero-order valence-corrected chi connectivity index (χ0v) is 16.4. The quantitative estimate of drug-likeness (QED) is 0.623. The van der Waals surface area contributed by atoms with Gasteiger partial charge in [-0.15, -0.1) is 0 Å². The first-order valence-corrected chi connectivity index (χ1v) is 8.42. The highest BCUT2D eigenvalue weighted by atomic mass is 16.3. The molecule has 2 heteroatoms. The first kappa shape index (κ1) is 20.1. The Morgan fingerprint density at radius 2 is 1.12 bits per heavy atom. The average Bonchev–Trinajstić information content (AvgIpc) is 2.39. The second-order valence-electron chi connectivity index (χ2n) is 8.55. The molecule has 0 saturated heterocycles. The summed E-state index contributed by atoms with van der Waals surface area (Å²) < 4.78 is 0. The average molecular weight is 328 g/mol. The molecular formula is C22H32O2.